The zero-order valence-corrected chi connectivity index (χ0v) is 17.6. The first kappa shape index (κ1) is 20.7. The van der Waals surface area contributed by atoms with E-state index in [4.69, 9.17) is 9.47 Å². The SMILES string of the molecule is COC(=O)c1sc(NC(=O)CSc2ncnc3c2cnn3C)c(C(=O)OC)c1C. The maximum Gasteiger partial charge on any atom is 0.348 e. The number of hydrogen-bond donors (Lipinski definition) is 1. The van der Waals surface area contributed by atoms with Gasteiger partial charge in [0, 0.05) is 7.05 Å². The number of carbonyl (C=O) groups excluding carboxylic acids is 3. The molecular formula is C17H17N5O5S2. The lowest BCUT2D eigenvalue weighted by Gasteiger charge is -2.06. The zero-order valence-electron chi connectivity index (χ0n) is 16.0. The number of ether oxygens (including phenoxy) is 2. The van der Waals surface area contributed by atoms with Crippen molar-refractivity contribution in [2.45, 2.75) is 11.9 Å². The van der Waals surface area contributed by atoms with Gasteiger partial charge >= 0.3 is 11.9 Å². The van der Waals surface area contributed by atoms with Gasteiger partial charge in [-0.2, -0.15) is 5.10 Å². The smallest absolute Gasteiger partial charge is 0.348 e. The van der Waals surface area contributed by atoms with Gasteiger partial charge in [-0.05, 0) is 12.5 Å². The van der Waals surface area contributed by atoms with Crippen molar-refractivity contribution in [3.05, 3.63) is 28.5 Å². The lowest BCUT2D eigenvalue weighted by molar-refractivity contribution is -0.113. The Morgan fingerprint density at radius 2 is 1.93 bits per heavy atom. The number of methoxy groups -OCH3 is 2. The second kappa shape index (κ2) is 8.57. The number of nitrogens with one attached hydrogen (secondary N) is 1. The van der Waals surface area contributed by atoms with Crippen molar-refractivity contribution in [2.75, 3.05) is 25.3 Å². The van der Waals surface area contributed by atoms with Crippen molar-refractivity contribution < 1.29 is 23.9 Å². The Morgan fingerprint density at radius 3 is 2.62 bits per heavy atom. The Hall–Kier alpha value is -2.99. The third-order valence-corrected chi connectivity index (χ3v) is 6.19. The molecule has 0 aromatic carbocycles. The maximum atomic E-state index is 12.5. The summed E-state index contributed by atoms with van der Waals surface area (Å²) in [6.45, 7) is 1.60. The Morgan fingerprint density at radius 1 is 1.21 bits per heavy atom. The van der Waals surface area contributed by atoms with E-state index in [9.17, 15) is 14.4 Å². The molecule has 0 bridgehead atoms. The lowest BCUT2D eigenvalue weighted by atomic mass is 10.1. The Balaban J connectivity index is 1.79. The third kappa shape index (κ3) is 4.07. The zero-order chi connectivity index (χ0) is 21.1. The molecule has 10 nitrogen and oxygen atoms in total. The summed E-state index contributed by atoms with van der Waals surface area (Å²) in [5.74, 6) is -1.57. The molecule has 3 aromatic heterocycles. The largest absolute Gasteiger partial charge is 0.465 e. The molecule has 0 radical (unpaired) electrons. The van der Waals surface area contributed by atoms with E-state index in [0.717, 1.165) is 16.7 Å². The highest BCUT2D eigenvalue weighted by Crippen LogP contribution is 2.34. The number of aromatic nitrogens is 4. The van der Waals surface area contributed by atoms with Crippen molar-refractivity contribution in [3.63, 3.8) is 0 Å². The van der Waals surface area contributed by atoms with Crippen LogP contribution in [0, 0.1) is 6.92 Å². The van der Waals surface area contributed by atoms with Crippen LogP contribution in [0.2, 0.25) is 0 Å². The maximum absolute atomic E-state index is 12.5. The molecule has 29 heavy (non-hydrogen) atoms. The highest BCUT2D eigenvalue weighted by Gasteiger charge is 2.26. The summed E-state index contributed by atoms with van der Waals surface area (Å²) in [5.41, 5.74) is 1.19. The Kier molecular flexibility index (Phi) is 6.13. The average Bonchev–Trinajstić information content (AvgIpc) is 3.25. The van der Waals surface area contributed by atoms with Crippen LogP contribution < -0.4 is 5.32 Å². The summed E-state index contributed by atoms with van der Waals surface area (Å²) in [6.07, 6.45) is 3.04. The number of anilines is 1. The van der Waals surface area contributed by atoms with Crippen molar-refractivity contribution in [1.82, 2.24) is 19.7 Å². The van der Waals surface area contributed by atoms with E-state index in [1.807, 2.05) is 0 Å². The number of thiophene rings is 1. The number of hydrogen-bond acceptors (Lipinski definition) is 10. The van der Waals surface area contributed by atoms with Gasteiger partial charge in [-0.25, -0.2) is 19.6 Å². The molecule has 0 unspecified atom stereocenters. The Bertz CT molecular complexity index is 1110. The van der Waals surface area contributed by atoms with Crippen molar-refractivity contribution in [2.24, 2.45) is 7.05 Å². The van der Waals surface area contributed by atoms with Gasteiger partial charge in [-0.1, -0.05) is 11.8 Å². The second-order valence-electron chi connectivity index (χ2n) is 5.76. The van der Waals surface area contributed by atoms with E-state index >= 15 is 0 Å². The van der Waals surface area contributed by atoms with E-state index in [1.54, 1.807) is 24.9 Å². The van der Waals surface area contributed by atoms with Gasteiger partial charge in [0.1, 0.15) is 21.2 Å². The van der Waals surface area contributed by atoms with Gasteiger partial charge in [0.05, 0.1) is 37.1 Å². The number of amides is 1. The molecule has 0 aliphatic rings. The predicted octanol–water partition coefficient (Wildman–Crippen LogP) is 2.04. The predicted molar refractivity (Wildman–Crippen MR) is 107 cm³/mol. The van der Waals surface area contributed by atoms with Gasteiger partial charge < -0.3 is 14.8 Å². The molecule has 12 heteroatoms. The van der Waals surface area contributed by atoms with Gasteiger partial charge in [-0.15, -0.1) is 11.3 Å². The van der Waals surface area contributed by atoms with E-state index in [1.165, 1.54) is 32.3 Å². The van der Waals surface area contributed by atoms with Gasteiger partial charge in [-0.3, -0.25) is 9.48 Å². The monoisotopic (exact) mass is 435 g/mol. The number of aryl methyl sites for hydroxylation is 1. The minimum absolute atomic E-state index is 0.0339. The topological polar surface area (TPSA) is 125 Å². The Labute approximate surface area is 173 Å². The summed E-state index contributed by atoms with van der Waals surface area (Å²) < 4.78 is 11.1. The van der Waals surface area contributed by atoms with Crippen molar-refractivity contribution >= 4 is 57.0 Å². The van der Waals surface area contributed by atoms with Crippen LogP contribution >= 0.6 is 23.1 Å². The minimum atomic E-state index is -0.648. The average molecular weight is 435 g/mol. The number of nitrogens with zero attached hydrogens (tertiary/aromatic N) is 4. The molecule has 3 heterocycles. The second-order valence-corrected chi connectivity index (χ2v) is 7.75. The van der Waals surface area contributed by atoms with Crippen molar-refractivity contribution in [1.29, 1.82) is 0 Å². The molecule has 1 N–H and O–H groups in total. The molecule has 0 atom stereocenters. The molecule has 0 aliphatic carbocycles. The number of fused-ring (bicyclic) bond motifs is 1. The first-order valence-corrected chi connectivity index (χ1v) is 10.0. The van der Waals surface area contributed by atoms with Crippen LogP contribution in [0.15, 0.2) is 17.6 Å². The molecular weight excluding hydrogens is 418 g/mol. The third-order valence-electron chi connectivity index (χ3n) is 3.99. The molecule has 0 aliphatic heterocycles. The van der Waals surface area contributed by atoms with Crippen LogP contribution in [0.1, 0.15) is 25.6 Å². The highest BCUT2D eigenvalue weighted by molar-refractivity contribution is 8.00. The van der Waals surface area contributed by atoms with E-state index < -0.39 is 11.9 Å². The molecule has 0 saturated carbocycles. The van der Waals surface area contributed by atoms with E-state index in [-0.39, 0.29) is 27.1 Å². The molecule has 1 amide bonds. The molecule has 152 valence electrons. The quantitative estimate of drug-likeness (QED) is 0.352. The summed E-state index contributed by atoms with van der Waals surface area (Å²) in [6, 6.07) is 0. The van der Waals surface area contributed by atoms with Crippen LogP contribution in [-0.4, -0.2) is 57.6 Å². The summed E-state index contributed by atoms with van der Waals surface area (Å²) >= 11 is 2.18. The minimum Gasteiger partial charge on any atom is -0.465 e. The van der Waals surface area contributed by atoms with Crippen LogP contribution in [0.3, 0.4) is 0 Å². The fourth-order valence-corrected chi connectivity index (χ4v) is 4.48. The number of thioether (sulfide) groups is 1. The lowest BCUT2D eigenvalue weighted by Crippen LogP contribution is -2.16. The molecule has 0 fully saturated rings. The summed E-state index contributed by atoms with van der Waals surface area (Å²) in [5, 5.41) is 8.40. The number of carbonyl (C=O) groups is 3. The van der Waals surface area contributed by atoms with E-state index in [2.05, 4.69) is 20.4 Å². The van der Waals surface area contributed by atoms with Gasteiger partial charge in [0.25, 0.3) is 0 Å². The van der Waals surface area contributed by atoms with E-state index in [0.29, 0.717) is 16.2 Å². The molecule has 3 aromatic rings. The van der Waals surface area contributed by atoms with Gasteiger partial charge in [0.15, 0.2) is 5.65 Å². The van der Waals surface area contributed by atoms with Crippen molar-refractivity contribution in [3.8, 4) is 0 Å². The molecule has 3 rings (SSSR count). The first-order chi connectivity index (χ1) is 13.9. The van der Waals surface area contributed by atoms with Gasteiger partial charge in [0.2, 0.25) is 5.91 Å². The molecule has 0 spiro atoms. The highest BCUT2D eigenvalue weighted by atomic mass is 32.2. The number of rotatable bonds is 6. The van der Waals surface area contributed by atoms with Crippen LogP contribution in [-0.2, 0) is 21.3 Å². The van der Waals surface area contributed by atoms with Crippen LogP contribution in [0.4, 0.5) is 5.00 Å². The fourth-order valence-electron chi connectivity index (χ4n) is 2.59. The standard InChI is InChI=1S/C17H17N5O5S2/c1-8-11(16(24)26-3)15(29-12(8)17(25)27-4)21-10(23)6-28-14-9-5-20-22(2)13(9)18-7-19-14/h5,7H,6H2,1-4H3,(H,21,23). The van der Waals surface area contributed by atoms with Crippen LogP contribution in [0.25, 0.3) is 11.0 Å². The molecule has 0 saturated heterocycles. The normalized spacial score (nSPS) is 10.8. The summed E-state index contributed by atoms with van der Waals surface area (Å²) in [7, 11) is 4.24. The summed E-state index contributed by atoms with van der Waals surface area (Å²) in [4.78, 5) is 45.1. The fraction of sp³-hybridized carbons (Fsp3) is 0.294. The first-order valence-electron chi connectivity index (χ1n) is 8.22. The van der Waals surface area contributed by atoms with Crippen LogP contribution in [0.5, 0.6) is 0 Å². The number of esters is 2.